The van der Waals surface area contributed by atoms with Crippen LogP contribution in [0.2, 0.25) is 0 Å². The molecule has 0 saturated carbocycles. The van der Waals surface area contributed by atoms with E-state index in [1.54, 1.807) is 0 Å². The standard InChI is InChI=1S/C16H12Br2N2O/c1-9-7-11(17)3-5-13(9)15-19-20-16(21-15)14-6-4-12(18)8-10(14)2/h3-8H,1-2H3. The monoisotopic (exact) mass is 406 g/mol. The van der Waals surface area contributed by atoms with Crippen molar-refractivity contribution >= 4 is 31.9 Å². The lowest BCUT2D eigenvalue weighted by molar-refractivity contribution is 0.583. The third kappa shape index (κ3) is 2.94. The van der Waals surface area contributed by atoms with Gasteiger partial charge in [0.15, 0.2) is 0 Å². The minimum Gasteiger partial charge on any atom is -0.416 e. The molecule has 21 heavy (non-hydrogen) atoms. The van der Waals surface area contributed by atoms with Crippen LogP contribution in [0, 0.1) is 13.8 Å². The minimum atomic E-state index is 0.539. The smallest absolute Gasteiger partial charge is 0.248 e. The molecule has 3 aromatic rings. The van der Waals surface area contributed by atoms with Crippen LogP contribution in [0.15, 0.2) is 49.8 Å². The van der Waals surface area contributed by atoms with Gasteiger partial charge in [-0.25, -0.2) is 0 Å². The van der Waals surface area contributed by atoms with E-state index in [1.165, 1.54) is 0 Å². The highest BCUT2D eigenvalue weighted by molar-refractivity contribution is 9.10. The summed E-state index contributed by atoms with van der Waals surface area (Å²) in [5.74, 6) is 1.08. The number of aryl methyl sites for hydroxylation is 2. The lowest BCUT2D eigenvalue weighted by Crippen LogP contribution is -1.83. The lowest BCUT2D eigenvalue weighted by Gasteiger charge is -2.02. The summed E-state index contributed by atoms with van der Waals surface area (Å²) in [5.41, 5.74) is 4.08. The zero-order chi connectivity index (χ0) is 15.0. The highest BCUT2D eigenvalue weighted by atomic mass is 79.9. The molecule has 0 atom stereocenters. The van der Waals surface area contributed by atoms with E-state index in [1.807, 2.05) is 50.2 Å². The number of hydrogen-bond donors (Lipinski definition) is 0. The fourth-order valence-corrected chi connectivity index (χ4v) is 3.13. The summed E-state index contributed by atoms with van der Waals surface area (Å²) >= 11 is 6.91. The molecular weight excluding hydrogens is 396 g/mol. The van der Waals surface area contributed by atoms with Gasteiger partial charge < -0.3 is 4.42 Å². The van der Waals surface area contributed by atoms with Gasteiger partial charge in [-0.05, 0) is 61.4 Å². The van der Waals surface area contributed by atoms with Crippen LogP contribution in [0.5, 0.6) is 0 Å². The van der Waals surface area contributed by atoms with Crippen molar-refractivity contribution in [3.8, 4) is 22.9 Å². The van der Waals surface area contributed by atoms with Crippen molar-refractivity contribution in [3.63, 3.8) is 0 Å². The van der Waals surface area contributed by atoms with E-state index in [0.717, 1.165) is 31.2 Å². The van der Waals surface area contributed by atoms with Crippen LogP contribution in [0.3, 0.4) is 0 Å². The highest BCUT2D eigenvalue weighted by Gasteiger charge is 2.14. The Morgan fingerprint density at radius 2 is 1.19 bits per heavy atom. The Labute approximate surface area is 139 Å². The number of nitrogens with zero attached hydrogens (tertiary/aromatic N) is 2. The summed E-state index contributed by atoms with van der Waals surface area (Å²) in [5, 5.41) is 8.35. The summed E-state index contributed by atoms with van der Waals surface area (Å²) in [6.07, 6.45) is 0. The maximum absolute atomic E-state index is 5.84. The van der Waals surface area contributed by atoms with E-state index >= 15 is 0 Å². The molecule has 106 valence electrons. The third-order valence-electron chi connectivity index (χ3n) is 3.26. The van der Waals surface area contributed by atoms with E-state index in [0.29, 0.717) is 11.8 Å². The van der Waals surface area contributed by atoms with E-state index in [4.69, 9.17) is 4.42 Å². The molecular formula is C16H12Br2N2O. The van der Waals surface area contributed by atoms with Gasteiger partial charge in [0.05, 0.1) is 0 Å². The lowest BCUT2D eigenvalue weighted by atomic mass is 10.1. The van der Waals surface area contributed by atoms with E-state index in [-0.39, 0.29) is 0 Å². The largest absolute Gasteiger partial charge is 0.416 e. The molecule has 2 aromatic carbocycles. The number of aromatic nitrogens is 2. The molecule has 0 amide bonds. The molecule has 0 bridgehead atoms. The summed E-state index contributed by atoms with van der Waals surface area (Å²) in [7, 11) is 0. The summed E-state index contributed by atoms with van der Waals surface area (Å²) in [4.78, 5) is 0. The second-order valence-electron chi connectivity index (χ2n) is 4.83. The second-order valence-corrected chi connectivity index (χ2v) is 6.66. The maximum atomic E-state index is 5.84. The molecule has 0 radical (unpaired) electrons. The molecule has 3 rings (SSSR count). The van der Waals surface area contributed by atoms with Crippen LogP contribution in [0.4, 0.5) is 0 Å². The molecule has 0 aliphatic heterocycles. The van der Waals surface area contributed by atoms with Gasteiger partial charge in [0.25, 0.3) is 0 Å². The maximum Gasteiger partial charge on any atom is 0.248 e. The quantitative estimate of drug-likeness (QED) is 0.559. The average Bonchev–Trinajstić information content (AvgIpc) is 2.87. The molecule has 0 spiro atoms. The van der Waals surface area contributed by atoms with Gasteiger partial charge in [0.1, 0.15) is 0 Å². The van der Waals surface area contributed by atoms with Gasteiger partial charge in [-0.3, -0.25) is 0 Å². The number of hydrogen-bond acceptors (Lipinski definition) is 3. The fourth-order valence-electron chi connectivity index (χ4n) is 2.17. The van der Waals surface area contributed by atoms with Crippen molar-refractivity contribution in [3.05, 3.63) is 56.5 Å². The van der Waals surface area contributed by atoms with Crippen LogP contribution in [0.25, 0.3) is 22.9 Å². The molecule has 5 heteroatoms. The first-order valence-electron chi connectivity index (χ1n) is 6.41. The van der Waals surface area contributed by atoms with Crippen LogP contribution in [-0.2, 0) is 0 Å². The summed E-state index contributed by atoms with van der Waals surface area (Å²) in [6.45, 7) is 4.05. The van der Waals surface area contributed by atoms with Gasteiger partial charge in [-0.1, -0.05) is 31.9 Å². The number of rotatable bonds is 2. The predicted octanol–water partition coefficient (Wildman–Crippen LogP) is 5.55. The SMILES string of the molecule is Cc1cc(Br)ccc1-c1nnc(-c2ccc(Br)cc2C)o1. The fraction of sp³-hybridized carbons (Fsp3) is 0.125. The number of benzene rings is 2. The molecule has 0 N–H and O–H groups in total. The van der Waals surface area contributed by atoms with Gasteiger partial charge in [0.2, 0.25) is 11.8 Å². The van der Waals surface area contributed by atoms with Crippen LogP contribution >= 0.6 is 31.9 Å². The summed E-state index contributed by atoms with van der Waals surface area (Å²) in [6, 6.07) is 12.0. The van der Waals surface area contributed by atoms with Crippen molar-refractivity contribution < 1.29 is 4.42 Å². The predicted molar refractivity (Wildman–Crippen MR) is 90.0 cm³/mol. The minimum absolute atomic E-state index is 0.539. The molecule has 1 heterocycles. The van der Waals surface area contributed by atoms with Crippen molar-refractivity contribution in [2.75, 3.05) is 0 Å². The van der Waals surface area contributed by atoms with E-state index in [2.05, 4.69) is 42.1 Å². The Balaban J connectivity index is 2.03. The molecule has 0 aliphatic rings. The molecule has 3 nitrogen and oxygen atoms in total. The Hall–Kier alpha value is -1.46. The third-order valence-corrected chi connectivity index (χ3v) is 4.25. The average molecular weight is 408 g/mol. The zero-order valence-corrected chi connectivity index (χ0v) is 14.7. The van der Waals surface area contributed by atoms with Crippen LogP contribution in [-0.4, -0.2) is 10.2 Å². The highest BCUT2D eigenvalue weighted by Crippen LogP contribution is 2.30. The van der Waals surface area contributed by atoms with Gasteiger partial charge >= 0.3 is 0 Å². The normalized spacial score (nSPS) is 10.9. The Kier molecular flexibility index (Phi) is 3.95. The molecule has 0 aliphatic carbocycles. The number of halogens is 2. The second kappa shape index (κ2) is 5.73. The van der Waals surface area contributed by atoms with Crippen molar-refractivity contribution in [1.29, 1.82) is 0 Å². The molecule has 1 aromatic heterocycles. The van der Waals surface area contributed by atoms with E-state index < -0.39 is 0 Å². The van der Waals surface area contributed by atoms with Crippen LogP contribution in [0.1, 0.15) is 11.1 Å². The topological polar surface area (TPSA) is 38.9 Å². The summed E-state index contributed by atoms with van der Waals surface area (Å²) < 4.78 is 7.91. The van der Waals surface area contributed by atoms with Crippen molar-refractivity contribution in [1.82, 2.24) is 10.2 Å². The first kappa shape index (κ1) is 14.5. The van der Waals surface area contributed by atoms with E-state index in [9.17, 15) is 0 Å². The molecule has 0 fully saturated rings. The van der Waals surface area contributed by atoms with Gasteiger partial charge in [-0.15, -0.1) is 10.2 Å². The van der Waals surface area contributed by atoms with Crippen molar-refractivity contribution in [2.24, 2.45) is 0 Å². The molecule has 0 unspecified atom stereocenters. The first-order valence-corrected chi connectivity index (χ1v) is 8.00. The first-order chi connectivity index (χ1) is 10.0. The Morgan fingerprint density at radius 1 is 0.762 bits per heavy atom. The Morgan fingerprint density at radius 3 is 1.57 bits per heavy atom. The van der Waals surface area contributed by atoms with Gasteiger partial charge in [0, 0.05) is 20.1 Å². The Bertz CT molecular complexity index is 746. The molecule has 0 saturated heterocycles. The zero-order valence-electron chi connectivity index (χ0n) is 11.5. The van der Waals surface area contributed by atoms with Crippen LogP contribution < -0.4 is 0 Å². The van der Waals surface area contributed by atoms with Gasteiger partial charge in [-0.2, -0.15) is 0 Å². The van der Waals surface area contributed by atoms with Crippen molar-refractivity contribution in [2.45, 2.75) is 13.8 Å².